The molecule has 4 nitrogen and oxygen atoms in total. The smallest absolute Gasteiger partial charge is 0.262 e. The number of furan rings is 1. The maximum absolute atomic E-state index is 12.6. The van der Waals surface area contributed by atoms with Crippen molar-refractivity contribution in [3.05, 3.63) is 64.5 Å². The minimum atomic E-state index is 0.0431. The van der Waals surface area contributed by atoms with Crippen molar-refractivity contribution < 1.29 is 4.42 Å². The summed E-state index contributed by atoms with van der Waals surface area (Å²) in [5.41, 5.74) is 3.50. The molecule has 2 atom stereocenters. The summed E-state index contributed by atoms with van der Waals surface area (Å²) in [7, 11) is 0. The molecule has 0 saturated heterocycles. The van der Waals surface area contributed by atoms with Gasteiger partial charge in [0.2, 0.25) is 0 Å². The Morgan fingerprint density at radius 3 is 3.10 bits per heavy atom. The Balaban J connectivity index is 1.69. The predicted octanol–water partition coefficient (Wildman–Crippen LogP) is 2.42. The molecule has 0 fully saturated rings. The van der Waals surface area contributed by atoms with Crippen molar-refractivity contribution in [3.8, 4) is 0 Å². The highest BCUT2D eigenvalue weighted by Crippen LogP contribution is 2.37. The van der Waals surface area contributed by atoms with Gasteiger partial charge in [0.15, 0.2) is 0 Å². The fourth-order valence-electron chi connectivity index (χ4n) is 3.68. The third-order valence-corrected chi connectivity index (χ3v) is 4.75. The molecule has 0 aromatic carbocycles. The molecule has 0 radical (unpaired) electrons. The van der Waals surface area contributed by atoms with Gasteiger partial charge in [0.1, 0.15) is 6.26 Å². The molecule has 1 N–H and O–H groups in total. The predicted molar refractivity (Wildman–Crippen MR) is 80.7 cm³/mol. The second-order valence-electron chi connectivity index (χ2n) is 5.95. The van der Waals surface area contributed by atoms with Gasteiger partial charge in [-0.05, 0) is 18.1 Å². The molecule has 4 heteroatoms. The van der Waals surface area contributed by atoms with Crippen LogP contribution in [0.2, 0.25) is 0 Å². The van der Waals surface area contributed by atoms with E-state index in [9.17, 15) is 4.79 Å². The summed E-state index contributed by atoms with van der Waals surface area (Å²) < 4.78 is 7.04. The van der Waals surface area contributed by atoms with Crippen LogP contribution in [0.3, 0.4) is 0 Å². The minimum Gasteiger partial charge on any atom is -0.471 e. The third-order valence-electron chi connectivity index (χ3n) is 4.75. The summed E-state index contributed by atoms with van der Waals surface area (Å²) in [4.78, 5) is 12.6. The van der Waals surface area contributed by atoms with E-state index in [-0.39, 0.29) is 5.56 Å². The maximum atomic E-state index is 12.6. The number of allylic oxidation sites excluding steroid dienone is 3. The largest absolute Gasteiger partial charge is 0.471 e. The zero-order chi connectivity index (χ0) is 14.0. The van der Waals surface area contributed by atoms with Crippen LogP contribution >= 0.6 is 0 Å². The first-order valence-electron chi connectivity index (χ1n) is 7.25. The third kappa shape index (κ3) is 1.42. The molecule has 2 unspecified atom stereocenters. The molecular formula is C17H14N2O2. The van der Waals surface area contributed by atoms with Gasteiger partial charge in [0, 0.05) is 17.8 Å². The molecule has 104 valence electrons. The zero-order valence-corrected chi connectivity index (χ0v) is 11.4. The second kappa shape index (κ2) is 3.79. The molecule has 5 rings (SSSR count). The highest BCUT2D eigenvalue weighted by atomic mass is 16.3. The Kier molecular flexibility index (Phi) is 2.02. The van der Waals surface area contributed by atoms with E-state index in [1.165, 1.54) is 5.57 Å². The van der Waals surface area contributed by atoms with E-state index in [4.69, 9.17) is 4.42 Å². The fraction of sp³-hybridized carbons (Fsp3) is 0.235. The molecule has 4 heterocycles. The molecule has 3 aliphatic rings. The van der Waals surface area contributed by atoms with E-state index in [1.54, 1.807) is 12.5 Å². The number of pyridine rings is 1. The van der Waals surface area contributed by atoms with E-state index < -0.39 is 0 Å². The van der Waals surface area contributed by atoms with Gasteiger partial charge in [-0.25, -0.2) is 0 Å². The SMILES string of the molecule is O=c1c2cocc2cc2n1CC1=C2NC2C=CC=CC2C1. The van der Waals surface area contributed by atoms with Gasteiger partial charge in [-0.2, -0.15) is 0 Å². The van der Waals surface area contributed by atoms with Gasteiger partial charge in [-0.3, -0.25) is 4.79 Å². The number of hydrogen-bond donors (Lipinski definition) is 1. The topological polar surface area (TPSA) is 47.2 Å². The summed E-state index contributed by atoms with van der Waals surface area (Å²) in [6.07, 6.45) is 12.9. The second-order valence-corrected chi connectivity index (χ2v) is 5.95. The molecule has 2 aromatic rings. The first kappa shape index (κ1) is 11.2. The highest BCUT2D eigenvalue weighted by molar-refractivity contribution is 5.85. The molecule has 0 spiro atoms. The van der Waals surface area contributed by atoms with E-state index >= 15 is 0 Å². The van der Waals surface area contributed by atoms with Crippen molar-refractivity contribution in [2.24, 2.45) is 5.92 Å². The van der Waals surface area contributed by atoms with Gasteiger partial charge < -0.3 is 14.3 Å². The van der Waals surface area contributed by atoms with Crippen LogP contribution in [0.15, 0.2) is 57.7 Å². The average Bonchev–Trinajstić information content (AvgIpc) is 3.10. The quantitative estimate of drug-likeness (QED) is 0.805. The number of aromatic nitrogens is 1. The van der Waals surface area contributed by atoms with Crippen LogP contribution in [-0.2, 0) is 6.54 Å². The number of nitrogens with zero attached hydrogens (tertiary/aromatic N) is 1. The zero-order valence-electron chi connectivity index (χ0n) is 11.4. The van der Waals surface area contributed by atoms with Gasteiger partial charge in [0.05, 0.1) is 29.1 Å². The number of fused-ring (bicyclic) bond motifs is 4. The van der Waals surface area contributed by atoms with E-state index in [0.717, 1.165) is 23.2 Å². The first-order chi connectivity index (χ1) is 10.3. The van der Waals surface area contributed by atoms with E-state index in [1.807, 2.05) is 4.57 Å². The van der Waals surface area contributed by atoms with Gasteiger partial charge in [-0.1, -0.05) is 24.3 Å². The summed E-state index contributed by atoms with van der Waals surface area (Å²) in [5, 5.41) is 5.15. The lowest BCUT2D eigenvalue weighted by Gasteiger charge is -2.32. The summed E-state index contributed by atoms with van der Waals surface area (Å²) >= 11 is 0. The van der Waals surface area contributed by atoms with E-state index in [0.29, 0.717) is 23.9 Å². The molecule has 2 aromatic heterocycles. The molecule has 0 amide bonds. The molecule has 21 heavy (non-hydrogen) atoms. The van der Waals surface area contributed by atoms with Crippen LogP contribution in [0.5, 0.6) is 0 Å². The Hall–Kier alpha value is -2.49. The summed E-state index contributed by atoms with van der Waals surface area (Å²) in [6.45, 7) is 0.693. The Morgan fingerprint density at radius 2 is 2.14 bits per heavy atom. The van der Waals surface area contributed by atoms with Crippen LogP contribution < -0.4 is 10.9 Å². The van der Waals surface area contributed by atoms with Crippen LogP contribution in [-0.4, -0.2) is 10.6 Å². The summed E-state index contributed by atoms with van der Waals surface area (Å²) in [5.74, 6) is 0.493. The maximum Gasteiger partial charge on any atom is 0.262 e. The Morgan fingerprint density at radius 1 is 1.24 bits per heavy atom. The lowest BCUT2D eigenvalue weighted by molar-refractivity contribution is 0.491. The van der Waals surface area contributed by atoms with Gasteiger partial charge >= 0.3 is 0 Å². The van der Waals surface area contributed by atoms with Crippen LogP contribution in [0.25, 0.3) is 16.5 Å². The molecule has 0 bridgehead atoms. The van der Waals surface area contributed by atoms with E-state index in [2.05, 4.69) is 35.7 Å². The molecule has 0 saturated carbocycles. The molecule has 2 aliphatic heterocycles. The Labute approximate surface area is 121 Å². The number of rotatable bonds is 0. The van der Waals surface area contributed by atoms with Crippen molar-refractivity contribution in [1.82, 2.24) is 9.88 Å². The monoisotopic (exact) mass is 278 g/mol. The van der Waals surface area contributed by atoms with Crippen LogP contribution in [0, 0.1) is 5.92 Å². The number of nitrogens with one attached hydrogen (secondary N) is 1. The lowest BCUT2D eigenvalue weighted by Crippen LogP contribution is -2.37. The van der Waals surface area contributed by atoms with Crippen molar-refractivity contribution in [3.63, 3.8) is 0 Å². The Bertz CT molecular complexity index is 911. The van der Waals surface area contributed by atoms with Crippen molar-refractivity contribution in [2.45, 2.75) is 19.0 Å². The molecular weight excluding hydrogens is 264 g/mol. The van der Waals surface area contributed by atoms with Gasteiger partial charge in [0.25, 0.3) is 5.56 Å². The van der Waals surface area contributed by atoms with Crippen molar-refractivity contribution in [2.75, 3.05) is 0 Å². The highest BCUT2D eigenvalue weighted by Gasteiger charge is 2.33. The average molecular weight is 278 g/mol. The van der Waals surface area contributed by atoms with Gasteiger partial charge in [-0.15, -0.1) is 0 Å². The minimum absolute atomic E-state index is 0.0431. The van der Waals surface area contributed by atoms with Crippen molar-refractivity contribution in [1.29, 1.82) is 0 Å². The standard InChI is InChI=1S/C17H14N2O2/c20-17-13-9-21-8-12(13)6-15-16-11(7-19(15)17)5-10-3-1-2-4-14(10)18-16/h1-4,6,8-10,14,18H,5,7H2. The first-order valence-corrected chi connectivity index (χ1v) is 7.25. The van der Waals surface area contributed by atoms with Crippen LogP contribution in [0.1, 0.15) is 12.1 Å². The summed E-state index contributed by atoms with van der Waals surface area (Å²) in [6, 6.07) is 2.38. The number of hydrogen-bond acceptors (Lipinski definition) is 3. The normalized spacial score (nSPS) is 25.7. The van der Waals surface area contributed by atoms with Crippen LogP contribution in [0.4, 0.5) is 0 Å². The fourth-order valence-corrected chi connectivity index (χ4v) is 3.68. The molecule has 1 aliphatic carbocycles. The van der Waals surface area contributed by atoms with Crippen molar-refractivity contribution >= 4 is 16.5 Å². The lowest BCUT2D eigenvalue weighted by atomic mass is 9.85.